The highest BCUT2D eigenvalue weighted by molar-refractivity contribution is 7.91. The van der Waals surface area contributed by atoms with Crippen molar-refractivity contribution < 1.29 is 32.3 Å². The highest BCUT2D eigenvalue weighted by Gasteiger charge is 2.62. The zero-order valence-electron chi connectivity index (χ0n) is 30.4. The van der Waals surface area contributed by atoms with E-state index in [1.165, 1.54) is 47.0 Å². The number of hydrogen-bond acceptors (Lipinski definition) is 12. The van der Waals surface area contributed by atoms with Crippen LogP contribution in [-0.2, 0) is 24.4 Å². The largest absolute Gasteiger partial charge is 0.494 e. The van der Waals surface area contributed by atoms with Gasteiger partial charge in [-0.05, 0) is 54.3 Å². The van der Waals surface area contributed by atoms with Crippen LogP contribution in [0.15, 0.2) is 53.9 Å². The van der Waals surface area contributed by atoms with Crippen LogP contribution in [0.2, 0.25) is 10.0 Å². The number of anilines is 1. The highest BCUT2D eigenvalue weighted by Crippen LogP contribution is 2.46. The van der Waals surface area contributed by atoms with Gasteiger partial charge in [-0.2, -0.15) is 0 Å². The predicted molar refractivity (Wildman–Crippen MR) is 214 cm³/mol. The maximum Gasteiger partial charge on any atom is 0.259 e. The molecule has 55 heavy (non-hydrogen) atoms. The summed E-state index contributed by atoms with van der Waals surface area (Å²) in [6, 6.07) is 5.05. The Labute approximate surface area is 336 Å². The van der Waals surface area contributed by atoms with Crippen LogP contribution in [0.1, 0.15) is 46.5 Å². The van der Waals surface area contributed by atoms with Gasteiger partial charge in [0, 0.05) is 33.5 Å². The molecule has 18 heteroatoms. The van der Waals surface area contributed by atoms with Crippen molar-refractivity contribution in [3.63, 3.8) is 0 Å². The number of carbonyl (C=O) groups excluding carboxylic acids is 3. The number of aromatic nitrogens is 2. The summed E-state index contributed by atoms with van der Waals surface area (Å²) in [7, 11) is -2.37. The van der Waals surface area contributed by atoms with Crippen LogP contribution in [0.5, 0.6) is 11.6 Å². The fraction of sp³-hybridized carbons (Fsp3) is 0.432. The Morgan fingerprint density at radius 2 is 1.91 bits per heavy atom. The van der Waals surface area contributed by atoms with Crippen molar-refractivity contribution >= 4 is 89.5 Å². The number of fused-ring (bicyclic) bond motifs is 1. The minimum Gasteiger partial charge on any atom is -0.494 e. The van der Waals surface area contributed by atoms with Crippen molar-refractivity contribution in [1.29, 1.82) is 0 Å². The van der Waals surface area contributed by atoms with Crippen molar-refractivity contribution in [1.82, 2.24) is 24.9 Å². The van der Waals surface area contributed by atoms with Gasteiger partial charge in [0.1, 0.15) is 29.5 Å². The summed E-state index contributed by atoms with van der Waals surface area (Å²) in [5, 5.41) is 12.1. The Kier molecular flexibility index (Phi) is 10.6. The van der Waals surface area contributed by atoms with E-state index in [9.17, 15) is 22.8 Å². The van der Waals surface area contributed by atoms with Gasteiger partial charge in [-0.25, -0.2) is 18.4 Å². The van der Waals surface area contributed by atoms with E-state index in [4.69, 9.17) is 37.7 Å². The molecular weight excluding hydrogens is 808 g/mol. The lowest BCUT2D eigenvalue weighted by molar-refractivity contribution is -0.141. The number of pyridine rings is 1. The van der Waals surface area contributed by atoms with Gasteiger partial charge in [-0.1, -0.05) is 50.0 Å². The first-order valence-corrected chi connectivity index (χ1v) is 21.7. The summed E-state index contributed by atoms with van der Waals surface area (Å²) in [4.78, 5) is 54.2. The Balaban J connectivity index is 1.19. The second kappa shape index (κ2) is 14.8. The Bertz CT molecular complexity index is 2290. The summed E-state index contributed by atoms with van der Waals surface area (Å²) in [6.07, 6.45) is 3.45. The maximum absolute atomic E-state index is 14.8. The van der Waals surface area contributed by atoms with Crippen molar-refractivity contribution in [2.24, 2.45) is 11.3 Å². The number of benzene rings is 1. The lowest BCUT2D eigenvalue weighted by Crippen LogP contribution is -2.58. The van der Waals surface area contributed by atoms with Gasteiger partial charge in [-0.3, -0.25) is 19.1 Å². The van der Waals surface area contributed by atoms with Gasteiger partial charge in [-0.15, -0.1) is 29.3 Å². The summed E-state index contributed by atoms with van der Waals surface area (Å²) >= 11 is 15.5. The number of sulfonamides is 1. The highest BCUT2D eigenvalue weighted by atomic mass is 35.5. The molecule has 2 aliphatic carbocycles. The number of methoxy groups -OCH3 is 1. The molecule has 0 radical (unpaired) electrons. The molecule has 3 aromatic heterocycles. The third kappa shape index (κ3) is 7.88. The smallest absolute Gasteiger partial charge is 0.259 e. The number of nitrogens with one attached hydrogen (secondary N) is 3. The second-order valence-electron chi connectivity index (χ2n) is 15.1. The zero-order valence-corrected chi connectivity index (χ0v) is 34.4. The van der Waals surface area contributed by atoms with E-state index in [1.54, 1.807) is 24.3 Å². The molecule has 2 saturated carbocycles. The van der Waals surface area contributed by atoms with Crippen LogP contribution in [0.25, 0.3) is 21.3 Å². The van der Waals surface area contributed by atoms with E-state index in [-0.39, 0.29) is 25.3 Å². The van der Waals surface area contributed by atoms with Crippen LogP contribution in [-0.4, -0.2) is 83.6 Å². The summed E-state index contributed by atoms with van der Waals surface area (Å²) in [5.74, 6) is -1.62. The monoisotopic (exact) mass is 846 g/mol. The molecule has 0 spiro atoms. The van der Waals surface area contributed by atoms with Crippen LogP contribution in [0, 0.1) is 11.3 Å². The fourth-order valence-electron chi connectivity index (χ4n) is 6.83. The van der Waals surface area contributed by atoms with Gasteiger partial charge in [0.15, 0.2) is 5.13 Å². The van der Waals surface area contributed by atoms with E-state index in [2.05, 4.69) is 26.9 Å². The van der Waals surface area contributed by atoms with Gasteiger partial charge in [0.2, 0.25) is 27.7 Å². The molecule has 3 amide bonds. The minimum absolute atomic E-state index is 0.00495. The molecule has 4 heterocycles. The van der Waals surface area contributed by atoms with Crippen molar-refractivity contribution in [3.8, 4) is 22.2 Å². The molecule has 3 aliphatic rings. The third-order valence-corrected chi connectivity index (χ3v) is 14.3. The van der Waals surface area contributed by atoms with E-state index < -0.39 is 68.1 Å². The molecular formula is C37H40Cl2N6O7S3. The quantitative estimate of drug-likeness (QED) is 0.130. The molecule has 3 N–H and O–H groups in total. The van der Waals surface area contributed by atoms with Crippen LogP contribution < -0.4 is 24.8 Å². The van der Waals surface area contributed by atoms with E-state index in [0.29, 0.717) is 50.2 Å². The maximum atomic E-state index is 14.8. The predicted octanol–water partition coefficient (Wildman–Crippen LogP) is 6.28. The van der Waals surface area contributed by atoms with Gasteiger partial charge >= 0.3 is 0 Å². The molecule has 0 unspecified atom stereocenters. The summed E-state index contributed by atoms with van der Waals surface area (Å²) < 4.78 is 39.6. The average Bonchev–Trinajstić information content (AvgIpc) is 3.95. The summed E-state index contributed by atoms with van der Waals surface area (Å²) in [6.45, 7) is 9.51. The molecule has 0 bridgehead atoms. The lowest BCUT2D eigenvalue weighted by Gasteiger charge is -2.35. The Hall–Kier alpha value is -3.96. The number of ether oxygens (including phenoxy) is 2. The minimum atomic E-state index is -3.90. The molecule has 1 aliphatic heterocycles. The van der Waals surface area contributed by atoms with Gasteiger partial charge in [0.25, 0.3) is 5.91 Å². The fourth-order valence-corrected chi connectivity index (χ4v) is 10.3. The first-order chi connectivity index (χ1) is 26.0. The van der Waals surface area contributed by atoms with Gasteiger partial charge in [0.05, 0.1) is 40.7 Å². The van der Waals surface area contributed by atoms with Crippen molar-refractivity contribution in [3.05, 3.63) is 63.9 Å². The number of thiophene rings is 1. The first kappa shape index (κ1) is 39.3. The Morgan fingerprint density at radius 3 is 2.55 bits per heavy atom. The number of rotatable bonds is 13. The topological polar surface area (TPSA) is 169 Å². The molecule has 292 valence electrons. The van der Waals surface area contributed by atoms with E-state index >= 15 is 0 Å². The summed E-state index contributed by atoms with van der Waals surface area (Å²) in [5.41, 5.74) is -1.54. The first-order valence-electron chi connectivity index (χ1n) is 17.6. The number of thiazole rings is 1. The number of likely N-dealkylation sites (tertiary alicyclic amines) is 1. The van der Waals surface area contributed by atoms with E-state index in [0.717, 1.165) is 4.88 Å². The van der Waals surface area contributed by atoms with Gasteiger partial charge < -0.3 is 25.0 Å². The molecule has 1 saturated heterocycles. The van der Waals surface area contributed by atoms with Crippen molar-refractivity contribution in [2.75, 3.05) is 19.0 Å². The number of nitrogens with zero attached hydrogens (tertiary/aromatic N) is 3. The molecule has 1 aromatic carbocycles. The van der Waals surface area contributed by atoms with Crippen LogP contribution in [0.4, 0.5) is 5.13 Å². The van der Waals surface area contributed by atoms with Crippen LogP contribution >= 0.6 is 45.9 Å². The molecule has 5 atom stereocenters. The van der Waals surface area contributed by atoms with E-state index in [1.807, 2.05) is 31.5 Å². The number of amides is 3. The lowest BCUT2D eigenvalue weighted by atomic mass is 9.85. The standard InChI is InChI=1S/C37H40Cl2N6O7S3/c1-6-19-15-37(19,34(48)44-55(49,50)22-8-9-22)43-31(46)27-14-21(52-32-24-13-20(38)7-10-23(24)28(51-5)16-40-32)17-45(27)33(47)30(36(2,3)4)42-35-41-26(18-54-35)29-25(39)11-12-53-29/h6-7,10-13,16,18-19,21-22,27,30H,1,8-9,14-15,17H2,2-5H3,(H,41,42)(H,43,46)(H,44,48)/t19-,21-,27+,30-,37-/m1/s1. The molecule has 13 nitrogen and oxygen atoms in total. The number of hydrogen-bond donors (Lipinski definition) is 3. The Morgan fingerprint density at radius 1 is 1.15 bits per heavy atom. The third-order valence-electron chi connectivity index (χ3n) is 10.1. The molecule has 4 aromatic rings. The molecule has 7 rings (SSSR count). The SMILES string of the molecule is C=C[C@@H]1C[C@]1(NC(=O)[C@@H]1C[C@@H](Oc2ncc(OC)c3ccc(Cl)cc23)CN1C(=O)[C@@H](Nc1nc(-c2sccc2Cl)cs1)C(C)(C)C)C(=O)NS(=O)(=O)C1CC1. The van der Waals surface area contributed by atoms with Crippen LogP contribution in [0.3, 0.4) is 0 Å². The second-order valence-corrected chi connectivity index (χ2v) is 19.6. The zero-order chi connectivity index (χ0) is 39.4. The molecule has 3 fully saturated rings. The normalized spacial score (nSPS) is 22.9. The average molecular weight is 848 g/mol. The van der Waals surface area contributed by atoms with Crippen molar-refractivity contribution in [2.45, 2.75) is 75.4 Å². The number of carbonyl (C=O) groups is 3. The number of halogens is 2.